The van der Waals surface area contributed by atoms with Gasteiger partial charge < -0.3 is 15.0 Å². The van der Waals surface area contributed by atoms with Gasteiger partial charge in [0, 0.05) is 17.5 Å². The molecule has 0 aliphatic heterocycles. The Hall–Kier alpha value is -3.22. The number of rotatable bonds is 4. The molecule has 0 saturated heterocycles. The van der Waals surface area contributed by atoms with Crippen LogP contribution in [0.2, 0.25) is 0 Å². The van der Waals surface area contributed by atoms with Gasteiger partial charge in [0.1, 0.15) is 5.82 Å². The molecular weight excluding hydrogens is 294 g/mol. The van der Waals surface area contributed by atoms with Gasteiger partial charge >= 0.3 is 0 Å². The molecule has 0 aliphatic rings. The number of nitrogens with one attached hydrogen (secondary N) is 2. The lowest BCUT2D eigenvalue weighted by Gasteiger charge is -2.09. The molecule has 23 heavy (non-hydrogen) atoms. The third kappa shape index (κ3) is 3.18. The number of aromatic amines is 1. The van der Waals surface area contributed by atoms with E-state index in [4.69, 9.17) is 4.74 Å². The number of carbonyl (C=O) groups is 1. The van der Waals surface area contributed by atoms with Crippen LogP contribution in [0.1, 0.15) is 16.3 Å². The first-order chi connectivity index (χ1) is 11.2. The molecule has 3 rings (SSSR count). The van der Waals surface area contributed by atoms with Gasteiger partial charge in [-0.3, -0.25) is 4.79 Å². The summed E-state index contributed by atoms with van der Waals surface area (Å²) < 4.78 is 4.98. The summed E-state index contributed by atoms with van der Waals surface area (Å²) in [5.41, 5.74) is 2.37. The number of benzene rings is 1. The summed E-state index contributed by atoms with van der Waals surface area (Å²) >= 11 is 0. The van der Waals surface area contributed by atoms with Crippen molar-refractivity contribution in [3.05, 3.63) is 54.4 Å². The first-order valence-electron chi connectivity index (χ1n) is 6.96. The van der Waals surface area contributed by atoms with Crippen LogP contribution < -0.4 is 10.1 Å². The molecular formula is C16H15N5O2. The van der Waals surface area contributed by atoms with Crippen molar-refractivity contribution in [2.75, 3.05) is 12.4 Å². The number of para-hydroxylation sites is 1. The summed E-state index contributed by atoms with van der Waals surface area (Å²) in [6, 6.07) is 7.40. The Labute approximate surface area is 132 Å². The van der Waals surface area contributed by atoms with Crippen molar-refractivity contribution >= 4 is 11.6 Å². The Morgan fingerprint density at radius 3 is 2.52 bits per heavy atom. The summed E-state index contributed by atoms with van der Waals surface area (Å²) in [4.78, 5) is 27.7. The van der Waals surface area contributed by atoms with Crippen molar-refractivity contribution in [1.82, 2.24) is 19.9 Å². The lowest BCUT2D eigenvalue weighted by molar-refractivity contribution is 0.101. The lowest BCUT2D eigenvalue weighted by atomic mass is 10.1. The molecule has 0 radical (unpaired) electrons. The standard InChI is InChI=1S/C16H15N5O2/c1-10-7-17-14(20-10)12-5-3-4-6-13(12)21-16(22)15-18-8-11(23-2)9-19-15/h3-9H,1-2H3,(H,17,20)(H,21,22). The minimum Gasteiger partial charge on any atom is -0.494 e. The molecule has 0 saturated carbocycles. The number of hydrogen-bond donors (Lipinski definition) is 2. The minimum atomic E-state index is -0.400. The van der Waals surface area contributed by atoms with Gasteiger partial charge in [-0.15, -0.1) is 0 Å². The van der Waals surface area contributed by atoms with Crippen LogP contribution in [0.25, 0.3) is 11.4 Å². The van der Waals surface area contributed by atoms with Crippen molar-refractivity contribution in [3.8, 4) is 17.1 Å². The molecule has 3 aromatic rings. The van der Waals surface area contributed by atoms with E-state index in [2.05, 4.69) is 25.3 Å². The van der Waals surface area contributed by atoms with Gasteiger partial charge in [-0.2, -0.15) is 0 Å². The molecule has 7 heteroatoms. The summed E-state index contributed by atoms with van der Waals surface area (Å²) in [7, 11) is 1.51. The minimum absolute atomic E-state index is 0.0660. The highest BCUT2D eigenvalue weighted by molar-refractivity contribution is 6.03. The van der Waals surface area contributed by atoms with Gasteiger partial charge in [0.15, 0.2) is 5.75 Å². The van der Waals surface area contributed by atoms with E-state index in [9.17, 15) is 4.79 Å². The van der Waals surface area contributed by atoms with Gasteiger partial charge in [0.25, 0.3) is 5.91 Å². The van der Waals surface area contributed by atoms with E-state index < -0.39 is 5.91 Å². The third-order valence-electron chi connectivity index (χ3n) is 3.20. The van der Waals surface area contributed by atoms with Crippen LogP contribution in [0.3, 0.4) is 0 Å². The number of H-pyrrole nitrogens is 1. The molecule has 0 aliphatic carbocycles. The Morgan fingerprint density at radius 2 is 1.87 bits per heavy atom. The van der Waals surface area contributed by atoms with E-state index in [-0.39, 0.29) is 5.82 Å². The molecule has 1 amide bonds. The van der Waals surface area contributed by atoms with Crippen molar-refractivity contribution in [2.24, 2.45) is 0 Å². The molecule has 2 N–H and O–H groups in total. The van der Waals surface area contributed by atoms with Gasteiger partial charge in [-0.1, -0.05) is 12.1 Å². The maximum Gasteiger partial charge on any atom is 0.293 e. The van der Waals surface area contributed by atoms with Crippen LogP contribution in [0, 0.1) is 6.92 Å². The highest BCUT2D eigenvalue weighted by Gasteiger charge is 2.14. The topological polar surface area (TPSA) is 92.8 Å². The normalized spacial score (nSPS) is 10.3. The number of nitrogens with zero attached hydrogens (tertiary/aromatic N) is 3. The summed E-state index contributed by atoms with van der Waals surface area (Å²) in [5, 5.41) is 2.81. The monoisotopic (exact) mass is 309 g/mol. The summed E-state index contributed by atoms with van der Waals surface area (Å²) in [6.45, 7) is 1.92. The highest BCUT2D eigenvalue weighted by Crippen LogP contribution is 2.25. The summed E-state index contributed by atoms with van der Waals surface area (Å²) in [5.74, 6) is 0.849. The van der Waals surface area contributed by atoms with Gasteiger partial charge in [-0.25, -0.2) is 15.0 Å². The van der Waals surface area contributed by atoms with Crippen molar-refractivity contribution in [1.29, 1.82) is 0 Å². The predicted molar refractivity (Wildman–Crippen MR) is 85.3 cm³/mol. The fraction of sp³-hybridized carbons (Fsp3) is 0.125. The third-order valence-corrected chi connectivity index (χ3v) is 3.20. The van der Waals surface area contributed by atoms with Gasteiger partial charge in [-0.05, 0) is 19.1 Å². The first kappa shape index (κ1) is 14.7. The van der Waals surface area contributed by atoms with E-state index >= 15 is 0 Å². The zero-order chi connectivity index (χ0) is 16.2. The van der Waals surface area contributed by atoms with Crippen LogP contribution >= 0.6 is 0 Å². The lowest BCUT2D eigenvalue weighted by Crippen LogP contribution is -2.16. The van der Waals surface area contributed by atoms with Crippen molar-refractivity contribution < 1.29 is 9.53 Å². The fourth-order valence-electron chi connectivity index (χ4n) is 2.07. The van der Waals surface area contributed by atoms with Gasteiger partial charge in [0.2, 0.25) is 5.82 Å². The van der Waals surface area contributed by atoms with Crippen molar-refractivity contribution in [2.45, 2.75) is 6.92 Å². The number of anilines is 1. The largest absolute Gasteiger partial charge is 0.494 e. The SMILES string of the molecule is COc1cnc(C(=O)Nc2ccccc2-c2ncc(C)[nH]2)nc1. The van der Waals surface area contributed by atoms with E-state index in [0.29, 0.717) is 17.3 Å². The number of amides is 1. The maximum absolute atomic E-state index is 12.3. The quantitative estimate of drug-likeness (QED) is 0.772. The van der Waals surface area contributed by atoms with E-state index in [0.717, 1.165) is 11.3 Å². The second-order valence-corrected chi connectivity index (χ2v) is 4.86. The van der Waals surface area contributed by atoms with E-state index in [1.165, 1.54) is 19.5 Å². The average molecular weight is 309 g/mol. The van der Waals surface area contributed by atoms with Crippen LogP contribution in [-0.2, 0) is 0 Å². The number of carbonyl (C=O) groups excluding carboxylic acids is 1. The first-order valence-corrected chi connectivity index (χ1v) is 6.96. The smallest absolute Gasteiger partial charge is 0.293 e. The maximum atomic E-state index is 12.3. The van der Waals surface area contributed by atoms with Crippen LogP contribution in [0.15, 0.2) is 42.9 Å². The Balaban J connectivity index is 1.86. The second kappa shape index (κ2) is 6.27. The number of aryl methyl sites for hydroxylation is 1. The van der Waals surface area contributed by atoms with Crippen LogP contribution in [-0.4, -0.2) is 33.0 Å². The number of imidazole rings is 1. The van der Waals surface area contributed by atoms with E-state index in [1.54, 1.807) is 12.3 Å². The molecule has 0 atom stereocenters. The molecule has 2 heterocycles. The number of hydrogen-bond acceptors (Lipinski definition) is 5. The predicted octanol–water partition coefficient (Wildman–Crippen LogP) is 2.44. The number of aromatic nitrogens is 4. The molecule has 7 nitrogen and oxygen atoms in total. The fourth-order valence-corrected chi connectivity index (χ4v) is 2.07. The Kier molecular flexibility index (Phi) is 4.01. The molecule has 0 bridgehead atoms. The van der Waals surface area contributed by atoms with Crippen molar-refractivity contribution in [3.63, 3.8) is 0 Å². The Morgan fingerprint density at radius 1 is 1.13 bits per heavy atom. The zero-order valence-corrected chi connectivity index (χ0v) is 12.7. The average Bonchev–Trinajstić information content (AvgIpc) is 3.01. The van der Waals surface area contributed by atoms with Crippen LogP contribution in [0.5, 0.6) is 5.75 Å². The molecule has 1 aromatic carbocycles. The molecule has 0 unspecified atom stereocenters. The highest BCUT2D eigenvalue weighted by atomic mass is 16.5. The Bertz CT molecular complexity index is 826. The number of methoxy groups -OCH3 is 1. The second-order valence-electron chi connectivity index (χ2n) is 4.86. The summed E-state index contributed by atoms with van der Waals surface area (Å²) in [6.07, 6.45) is 4.63. The molecule has 0 fully saturated rings. The van der Waals surface area contributed by atoms with Crippen LogP contribution in [0.4, 0.5) is 5.69 Å². The van der Waals surface area contributed by atoms with E-state index in [1.807, 2.05) is 25.1 Å². The molecule has 2 aromatic heterocycles. The zero-order valence-electron chi connectivity index (χ0n) is 12.7. The molecule has 0 spiro atoms. The van der Waals surface area contributed by atoms with Gasteiger partial charge in [0.05, 0.1) is 25.2 Å². The number of ether oxygens (including phenoxy) is 1. The molecule has 116 valence electrons.